The zero-order chi connectivity index (χ0) is 17.5. The molecule has 0 saturated carbocycles. The molecule has 1 saturated heterocycles. The molecule has 5 heteroatoms. The molecule has 1 amide bonds. The normalized spacial score (nSPS) is 15.2. The van der Waals surface area contributed by atoms with Crippen LogP contribution in [0.25, 0.3) is 0 Å². The molecule has 0 radical (unpaired) electrons. The van der Waals surface area contributed by atoms with Gasteiger partial charge in [-0.15, -0.1) is 11.8 Å². The van der Waals surface area contributed by atoms with Gasteiger partial charge in [0.1, 0.15) is 5.75 Å². The number of thioether (sulfide) groups is 1. The molecule has 2 aromatic rings. The Kier molecular flexibility index (Phi) is 6.34. The third-order valence-corrected chi connectivity index (χ3v) is 5.70. The van der Waals surface area contributed by atoms with Crippen molar-refractivity contribution < 1.29 is 9.53 Å². The second-order valence-electron chi connectivity index (χ2n) is 6.15. The first-order chi connectivity index (χ1) is 12.2. The van der Waals surface area contributed by atoms with Gasteiger partial charge < -0.3 is 9.64 Å². The van der Waals surface area contributed by atoms with Gasteiger partial charge in [0.05, 0.1) is 5.03 Å². The van der Waals surface area contributed by atoms with Gasteiger partial charge in [-0.25, -0.2) is 4.98 Å². The number of ether oxygens (including phenoxy) is 1. The van der Waals surface area contributed by atoms with E-state index >= 15 is 0 Å². The Bertz CT molecular complexity index is 668. The summed E-state index contributed by atoms with van der Waals surface area (Å²) in [7, 11) is 0. The van der Waals surface area contributed by atoms with Crippen LogP contribution in [0, 0.1) is 0 Å². The minimum Gasteiger partial charge on any atom is -0.484 e. The van der Waals surface area contributed by atoms with Gasteiger partial charge in [-0.05, 0) is 49.1 Å². The number of pyridine rings is 1. The molecule has 0 spiro atoms. The molecule has 1 fully saturated rings. The van der Waals surface area contributed by atoms with E-state index in [1.54, 1.807) is 0 Å². The van der Waals surface area contributed by atoms with E-state index in [2.05, 4.69) is 11.9 Å². The van der Waals surface area contributed by atoms with Crippen LogP contribution in [0.15, 0.2) is 53.7 Å². The summed E-state index contributed by atoms with van der Waals surface area (Å²) < 4.78 is 5.64. The van der Waals surface area contributed by atoms with Crippen molar-refractivity contribution in [1.29, 1.82) is 0 Å². The van der Waals surface area contributed by atoms with Crippen LogP contribution in [0.5, 0.6) is 5.75 Å². The lowest BCUT2D eigenvalue weighted by atomic mass is 10.1. The number of aryl methyl sites for hydroxylation is 1. The molecule has 1 aromatic heterocycles. The number of likely N-dealkylation sites (tertiary alicyclic amines) is 1. The first-order valence-corrected chi connectivity index (χ1v) is 9.70. The van der Waals surface area contributed by atoms with Crippen molar-refractivity contribution in [3.8, 4) is 5.75 Å². The van der Waals surface area contributed by atoms with Crippen molar-refractivity contribution in [3.05, 3.63) is 54.2 Å². The lowest BCUT2D eigenvalue weighted by molar-refractivity contribution is -0.134. The lowest BCUT2D eigenvalue weighted by Gasteiger charge is -2.31. The monoisotopic (exact) mass is 356 g/mol. The molecule has 1 aliphatic heterocycles. The molecule has 3 rings (SSSR count). The van der Waals surface area contributed by atoms with Gasteiger partial charge in [-0.2, -0.15) is 0 Å². The Morgan fingerprint density at radius 3 is 2.60 bits per heavy atom. The fraction of sp³-hybridized carbons (Fsp3) is 0.400. The molecule has 4 nitrogen and oxygen atoms in total. The molecule has 1 aromatic carbocycles. The highest BCUT2D eigenvalue weighted by molar-refractivity contribution is 7.99. The Hall–Kier alpha value is -2.01. The maximum Gasteiger partial charge on any atom is 0.260 e. The van der Waals surface area contributed by atoms with E-state index in [1.165, 1.54) is 5.56 Å². The average Bonchev–Trinajstić information content (AvgIpc) is 2.68. The summed E-state index contributed by atoms with van der Waals surface area (Å²) in [6, 6.07) is 13.9. The molecule has 25 heavy (non-hydrogen) atoms. The van der Waals surface area contributed by atoms with Gasteiger partial charge >= 0.3 is 0 Å². The van der Waals surface area contributed by atoms with Crippen LogP contribution in [0.2, 0.25) is 0 Å². The van der Waals surface area contributed by atoms with E-state index in [-0.39, 0.29) is 12.5 Å². The van der Waals surface area contributed by atoms with Crippen molar-refractivity contribution in [2.24, 2.45) is 0 Å². The van der Waals surface area contributed by atoms with E-state index in [4.69, 9.17) is 4.74 Å². The molecule has 2 heterocycles. The fourth-order valence-electron chi connectivity index (χ4n) is 2.87. The average molecular weight is 356 g/mol. The minimum atomic E-state index is 0.0702. The summed E-state index contributed by atoms with van der Waals surface area (Å²) in [5, 5.41) is 1.59. The van der Waals surface area contributed by atoms with Crippen LogP contribution in [0.3, 0.4) is 0 Å². The maximum atomic E-state index is 12.3. The van der Waals surface area contributed by atoms with Crippen LogP contribution < -0.4 is 4.74 Å². The van der Waals surface area contributed by atoms with E-state index < -0.39 is 0 Å². The fourth-order valence-corrected chi connectivity index (χ4v) is 3.94. The number of nitrogens with zero attached hydrogens (tertiary/aromatic N) is 2. The number of amides is 1. The van der Waals surface area contributed by atoms with Crippen molar-refractivity contribution >= 4 is 17.7 Å². The van der Waals surface area contributed by atoms with Crippen molar-refractivity contribution in [2.45, 2.75) is 36.5 Å². The highest BCUT2D eigenvalue weighted by Gasteiger charge is 2.23. The molecule has 0 aliphatic carbocycles. The van der Waals surface area contributed by atoms with Crippen LogP contribution in [-0.4, -0.2) is 40.7 Å². The van der Waals surface area contributed by atoms with E-state index in [0.717, 1.165) is 43.1 Å². The SMILES string of the molecule is CCc1ccc(OCC(=O)N2CCC(Sc3ccccn3)CC2)cc1. The van der Waals surface area contributed by atoms with Gasteiger partial charge in [-0.1, -0.05) is 25.1 Å². The summed E-state index contributed by atoms with van der Waals surface area (Å²) in [5.74, 6) is 0.826. The maximum absolute atomic E-state index is 12.3. The van der Waals surface area contributed by atoms with Crippen LogP contribution in [0.4, 0.5) is 0 Å². The smallest absolute Gasteiger partial charge is 0.260 e. The number of rotatable bonds is 6. The number of carbonyl (C=O) groups excluding carboxylic acids is 1. The molecule has 0 atom stereocenters. The highest BCUT2D eigenvalue weighted by Crippen LogP contribution is 2.28. The minimum absolute atomic E-state index is 0.0702. The van der Waals surface area contributed by atoms with E-state index in [0.29, 0.717) is 5.25 Å². The number of aromatic nitrogens is 1. The van der Waals surface area contributed by atoms with Gasteiger partial charge in [0.2, 0.25) is 0 Å². The Labute approximate surface area is 153 Å². The lowest BCUT2D eigenvalue weighted by Crippen LogP contribution is -2.41. The number of hydrogen-bond acceptors (Lipinski definition) is 4. The van der Waals surface area contributed by atoms with Gasteiger partial charge in [-0.3, -0.25) is 4.79 Å². The third kappa shape index (κ3) is 5.23. The summed E-state index contributed by atoms with van der Waals surface area (Å²) >= 11 is 1.81. The van der Waals surface area contributed by atoms with Crippen molar-refractivity contribution in [3.63, 3.8) is 0 Å². The first kappa shape index (κ1) is 17.8. The van der Waals surface area contributed by atoms with Crippen LogP contribution in [-0.2, 0) is 11.2 Å². The third-order valence-electron chi connectivity index (χ3n) is 4.41. The zero-order valence-electron chi connectivity index (χ0n) is 14.6. The number of piperidine rings is 1. The first-order valence-electron chi connectivity index (χ1n) is 8.82. The molecule has 0 bridgehead atoms. The largest absolute Gasteiger partial charge is 0.484 e. The molecular weight excluding hydrogens is 332 g/mol. The van der Waals surface area contributed by atoms with Crippen molar-refractivity contribution in [2.75, 3.05) is 19.7 Å². The standard InChI is InChI=1S/C20H24N2O2S/c1-2-16-6-8-17(9-7-16)24-15-20(23)22-13-10-18(11-14-22)25-19-5-3-4-12-21-19/h3-9,12,18H,2,10-11,13-15H2,1H3. The van der Waals surface area contributed by atoms with Crippen LogP contribution in [0.1, 0.15) is 25.3 Å². The topological polar surface area (TPSA) is 42.4 Å². The number of benzene rings is 1. The molecule has 1 aliphatic rings. The summed E-state index contributed by atoms with van der Waals surface area (Å²) in [5.41, 5.74) is 1.27. The second kappa shape index (κ2) is 8.90. The zero-order valence-corrected chi connectivity index (χ0v) is 15.4. The van der Waals surface area contributed by atoms with Gasteiger partial charge in [0, 0.05) is 24.5 Å². The Morgan fingerprint density at radius 2 is 1.96 bits per heavy atom. The molecule has 0 unspecified atom stereocenters. The summed E-state index contributed by atoms with van der Waals surface area (Å²) in [6.07, 6.45) is 4.83. The Balaban J connectivity index is 1.41. The van der Waals surface area contributed by atoms with Crippen molar-refractivity contribution in [1.82, 2.24) is 9.88 Å². The van der Waals surface area contributed by atoms with Gasteiger partial charge in [0.25, 0.3) is 5.91 Å². The molecule has 0 N–H and O–H groups in total. The number of carbonyl (C=O) groups is 1. The number of hydrogen-bond donors (Lipinski definition) is 0. The quantitative estimate of drug-likeness (QED) is 0.789. The Morgan fingerprint density at radius 1 is 1.20 bits per heavy atom. The molecular formula is C20H24N2O2S. The van der Waals surface area contributed by atoms with Gasteiger partial charge in [0.15, 0.2) is 6.61 Å². The summed E-state index contributed by atoms with van der Waals surface area (Å²) in [4.78, 5) is 18.6. The molecule has 132 valence electrons. The summed E-state index contributed by atoms with van der Waals surface area (Å²) in [6.45, 7) is 3.82. The second-order valence-corrected chi connectivity index (χ2v) is 7.47. The van der Waals surface area contributed by atoms with E-state index in [9.17, 15) is 4.79 Å². The van der Waals surface area contributed by atoms with E-state index in [1.807, 2.05) is 65.3 Å². The van der Waals surface area contributed by atoms with Crippen LogP contribution >= 0.6 is 11.8 Å². The predicted octanol–water partition coefficient (Wildman–Crippen LogP) is 3.81. The highest BCUT2D eigenvalue weighted by atomic mass is 32.2. The predicted molar refractivity (Wildman–Crippen MR) is 101 cm³/mol.